The van der Waals surface area contributed by atoms with Crippen molar-refractivity contribution in [1.29, 1.82) is 0 Å². The van der Waals surface area contributed by atoms with E-state index in [-0.39, 0.29) is 47.3 Å². The summed E-state index contributed by atoms with van der Waals surface area (Å²) in [7, 11) is 0. The van der Waals surface area contributed by atoms with Crippen LogP contribution in [0.2, 0.25) is 0 Å². The van der Waals surface area contributed by atoms with E-state index < -0.39 is 13.3 Å². The van der Waals surface area contributed by atoms with Crippen LogP contribution in [-0.4, -0.2) is 13.2 Å². The zero-order valence-electron chi connectivity index (χ0n) is 75.8. The second-order valence-corrected chi connectivity index (χ2v) is 43.8. The summed E-state index contributed by atoms with van der Waals surface area (Å²) in [5.41, 5.74) is 28.2. The Hall–Kier alpha value is -4.72. The molecule has 0 atom stereocenters. The molecule has 0 spiro atoms. The molecule has 0 aliphatic rings. The minimum Gasteiger partial charge on any atom is -0.492 e. The highest BCUT2D eigenvalue weighted by Crippen LogP contribution is 2.56. The number of unbranched alkanes of at least 4 members (excludes halogenated alkanes) is 18. The molecule has 0 saturated heterocycles. The van der Waals surface area contributed by atoms with E-state index in [0.29, 0.717) is 48.4 Å². The maximum Gasteiger partial charge on any atom is 0.136 e. The van der Waals surface area contributed by atoms with Crippen LogP contribution in [0.1, 0.15) is 468 Å². The molecule has 0 aromatic heterocycles. The van der Waals surface area contributed by atoms with Gasteiger partial charge in [0.15, 0.2) is 0 Å². The number of hydrogen-bond donors (Lipinski definition) is 0. The van der Waals surface area contributed by atoms with Crippen LogP contribution < -0.4 is 20.1 Å². The van der Waals surface area contributed by atoms with Crippen LogP contribution in [0.4, 0.5) is 0 Å². The van der Waals surface area contributed by atoms with E-state index in [1.807, 2.05) is 0 Å². The molecule has 7 aromatic rings. The zero-order valence-corrected chi connectivity index (χ0v) is 80.6. The Morgan fingerprint density at radius 3 is 0.614 bits per heavy atom. The summed E-state index contributed by atoms with van der Waals surface area (Å²) >= 11 is 30.8. The van der Waals surface area contributed by atoms with Gasteiger partial charge in [0, 0.05) is 33.9 Å². The average Bonchev–Trinajstić information content (AvgIpc) is 0.744. The van der Waals surface area contributed by atoms with Crippen LogP contribution in [0.3, 0.4) is 0 Å². The van der Waals surface area contributed by atoms with Gasteiger partial charge < -0.3 is 9.47 Å². The first kappa shape index (κ1) is 96.4. The molecule has 8 heteroatoms. The smallest absolute Gasteiger partial charge is 0.136 e. The topological polar surface area (TPSA) is 18.5 Å². The van der Waals surface area contributed by atoms with Crippen LogP contribution in [0.5, 0.6) is 11.5 Å². The van der Waals surface area contributed by atoms with Gasteiger partial charge in [-0.05, 0) is 219 Å². The third kappa shape index (κ3) is 26.1. The summed E-state index contributed by atoms with van der Waals surface area (Å²) < 4.78 is 14.5. The lowest BCUT2D eigenvalue weighted by Gasteiger charge is -2.28. The fourth-order valence-electron chi connectivity index (χ4n) is 16.4. The van der Waals surface area contributed by atoms with E-state index in [1.54, 1.807) is 0 Å². The first-order valence-corrected chi connectivity index (χ1v) is 51.2. The predicted octanol–water partition coefficient (Wildman–Crippen LogP) is 36.1. The standard InChI is InChI=1S/C106H148Cl4O2P2/c1-27-29-31-33-35-37-39-41-43-45-51-111-99-65-82(50-48-80-55-97(103-91(75(19)20)61-85(69(7)8)62-92(103)76(21)22)106(114(109)110)98(56-80)104-93(77(23)24)63-86(70(9)10)64-94(104)78(25)26)100(112-52-46-44-42-40-38-36-34-32-30-28-2)66-81(99)49-47-79-53-95(101-87(71(11)12)57-83(67(3)4)58-88(101)72(13)14)105(113(107)108)96(54-79)102-89(73(15)16)59-84(68(5)6)60-90(102)74(17)18/h53-78H,27-46,51-52H2,1-26H3. The van der Waals surface area contributed by atoms with Gasteiger partial charge in [0.25, 0.3) is 0 Å². The molecule has 0 aliphatic heterocycles. The van der Waals surface area contributed by atoms with Gasteiger partial charge in [-0.25, -0.2) is 0 Å². The molecule has 0 heterocycles. The number of benzene rings is 7. The molecule has 0 saturated carbocycles. The summed E-state index contributed by atoms with van der Waals surface area (Å²) in [6.45, 7) is 58.0. The second kappa shape index (κ2) is 46.7. The maximum absolute atomic E-state index is 7.70. The third-order valence-electron chi connectivity index (χ3n) is 23.4. The van der Waals surface area contributed by atoms with Crippen LogP contribution in [-0.2, 0) is 0 Å². The Labute approximate surface area is 719 Å². The first-order chi connectivity index (χ1) is 54.1. The van der Waals surface area contributed by atoms with Crippen molar-refractivity contribution in [2.24, 2.45) is 0 Å². The molecule has 0 unspecified atom stereocenters. The highest BCUT2D eigenvalue weighted by molar-refractivity contribution is 8.09. The summed E-state index contributed by atoms with van der Waals surface area (Å²) in [4.78, 5) is 0. The summed E-state index contributed by atoms with van der Waals surface area (Å²) in [5, 5.41) is 1.98. The van der Waals surface area contributed by atoms with Crippen molar-refractivity contribution in [3.05, 3.63) is 174 Å². The van der Waals surface area contributed by atoms with Crippen molar-refractivity contribution in [2.45, 2.75) is 379 Å². The quantitative estimate of drug-likeness (QED) is 0.0216. The van der Waals surface area contributed by atoms with Crippen LogP contribution in [0.15, 0.2) is 84.9 Å². The zero-order chi connectivity index (χ0) is 83.9. The molecule has 0 amide bonds. The number of hydrogen-bond acceptors (Lipinski definition) is 2. The van der Waals surface area contributed by atoms with Gasteiger partial charge in [-0.15, -0.1) is 0 Å². The monoisotopic (exact) mass is 1650 g/mol. The summed E-state index contributed by atoms with van der Waals surface area (Å²) in [6.07, 6.45) is 24.6. The van der Waals surface area contributed by atoms with Crippen molar-refractivity contribution in [3.8, 4) is 79.7 Å². The Kier molecular flexibility index (Phi) is 39.5. The minimum atomic E-state index is -1.71. The van der Waals surface area contributed by atoms with Gasteiger partial charge in [0.1, 0.15) is 24.8 Å². The van der Waals surface area contributed by atoms with Crippen molar-refractivity contribution < 1.29 is 9.47 Å². The molecule has 114 heavy (non-hydrogen) atoms. The fourth-order valence-corrected chi connectivity index (χ4v) is 20.0. The van der Waals surface area contributed by atoms with Gasteiger partial charge in [-0.3, -0.25) is 0 Å². The van der Waals surface area contributed by atoms with Gasteiger partial charge in [0.05, 0.1) is 24.3 Å². The van der Waals surface area contributed by atoms with E-state index >= 15 is 0 Å². The van der Waals surface area contributed by atoms with Crippen molar-refractivity contribution in [2.75, 3.05) is 13.2 Å². The molecule has 0 bridgehead atoms. The van der Waals surface area contributed by atoms with E-state index in [1.165, 1.54) is 192 Å². The Morgan fingerprint density at radius 2 is 0.439 bits per heavy atom. The lowest BCUT2D eigenvalue weighted by molar-refractivity contribution is 0.295. The largest absolute Gasteiger partial charge is 0.492 e. The number of halogens is 4. The normalized spacial score (nSPS) is 12.1. The number of rotatable bonds is 42. The molecule has 0 aliphatic carbocycles. The Bertz CT molecular complexity index is 3790. The molecule has 622 valence electrons. The fraction of sp³-hybridized carbons (Fsp3) is 0.566. The highest BCUT2D eigenvalue weighted by atomic mass is 35.9. The van der Waals surface area contributed by atoms with Crippen molar-refractivity contribution >= 4 is 68.8 Å². The SMILES string of the molecule is CCCCCCCCCCCCOc1cc(C#Cc2cc(-c3c(C(C)C)cc(C(C)C)cc3C(C)C)c(P(Cl)Cl)c(-c3c(C(C)C)cc(C(C)C)cc3C(C)C)c2)c(OCCCCCCCCCCCC)cc1C#Cc1cc(-c2c(C(C)C)cc(C(C)C)cc2C(C)C)c(P(Cl)Cl)c(-c2c(C(C)C)cc(C(C)C)cc2C(C)C)c1. The van der Waals surface area contributed by atoms with E-state index in [0.717, 1.165) is 80.8 Å². The minimum absolute atomic E-state index is 0.209. The van der Waals surface area contributed by atoms with Gasteiger partial charge in [-0.1, -0.05) is 413 Å². The molecule has 0 N–H and O–H groups in total. The lowest BCUT2D eigenvalue weighted by atomic mass is 9.78. The Balaban J connectivity index is 1.62. The summed E-state index contributed by atoms with van der Waals surface area (Å²) in [6, 6.07) is 33.2. The molecule has 0 fully saturated rings. The Morgan fingerprint density at radius 1 is 0.246 bits per heavy atom. The van der Waals surface area contributed by atoms with Gasteiger partial charge in [0.2, 0.25) is 0 Å². The van der Waals surface area contributed by atoms with Gasteiger partial charge >= 0.3 is 0 Å². The second-order valence-electron chi connectivity index (χ2n) is 36.9. The predicted molar refractivity (Wildman–Crippen MR) is 513 cm³/mol. The van der Waals surface area contributed by atoms with Crippen LogP contribution >= 0.6 is 58.2 Å². The van der Waals surface area contributed by atoms with Crippen molar-refractivity contribution in [1.82, 2.24) is 0 Å². The molecule has 0 radical (unpaired) electrons. The van der Waals surface area contributed by atoms with E-state index in [9.17, 15) is 0 Å². The molecule has 7 rings (SSSR count). The first-order valence-electron chi connectivity index (χ1n) is 44.9. The lowest BCUT2D eigenvalue weighted by Crippen LogP contribution is -2.14. The number of ether oxygens (including phenoxy) is 2. The molecular weight excluding hydrogens is 1510 g/mol. The van der Waals surface area contributed by atoms with Crippen molar-refractivity contribution in [3.63, 3.8) is 0 Å². The van der Waals surface area contributed by atoms with Crippen LogP contribution in [0.25, 0.3) is 44.5 Å². The average molecular weight is 1660 g/mol. The van der Waals surface area contributed by atoms with E-state index in [2.05, 4.69) is 289 Å². The molecule has 7 aromatic carbocycles. The van der Waals surface area contributed by atoms with E-state index in [4.69, 9.17) is 54.4 Å². The van der Waals surface area contributed by atoms with Gasteiger partial charge in [-0.2, -0.15) is 0 Å². The molecular formula is C106H148Cl4O2P2. The third-order valence-corrected chi connectivity index (χ3v) is 27.1. The highest BCUT2D eigenvalue weighted by Gasteiger charge is 2.32. The van der Waals surface area contributed by atoms with Crippen LogP contribution in [0, 0.1) is 23.7 Å². The summed E-state index contributed by atoms with van der Waals surface area (Å²) in [5.74, 6) is 20.0. The molecule has 2 nitrogen and oxygen atoms in total. The maximum atomic E-state index is 7.70.